The van der Waals surface area contributed by atoms with Gasteiger partial charge in [0.05, 0.1) is 18.0 Å². The fourth-order valence-corrected chi connectivity index (χ4v) is 3.28. The Balaban J connectivity index is 1.49. The van der Waals surface area contributed by atoms with Crippen molar-refractivity contribution >= 4 is 11.5 Å². The van der Waals surface area contributed by atoms with Gasteiger partial charge in [0.15, 0.2) is 0 Å². The quantitative estimate of drug-likeness (QED) is 0.543. The molecule has 0 saturated carbocycles. The zero-order valence-corrected chi connectivity index (χ0v) is 14.7. The van der Waals surface area contributed by atoms with Crippen LogP contribution < -0.4 is 0 Å². The second kappa shape index (κ2) is 7.30. The van der Waals surface area contributed by atoms with E-state index in [1.807, 2.05) is 42.2 Å². The molecule has 0 aliphatic heterocycles. The SMILES string of the molecule is N#Cc1ccc(Cn2cncc2Cc2ccc(-c3csnn3)cc2)cc1. The third kappa shape index (κ3) is 3.53. The number of hydrogen-bond acceptors (Lipinski definition) is 5. The first-order valence-electron chi connectivity index (χ1n) is 8.16. The Bertz CT molecular complexity index is 1030. The molecule has 4 aromatic rings. The van der Waals surface area contributed by atoms with Crippen LogP contribution in [0.1, 0.15) is 22.4 Å². The smallest absolute Gasteiger partial charge is 0.105 e. The molecular weight excluding hydrogens is 342 g/mol. The zero-order chi connectivity index (χ0) is 17.8. The van der Waals surface area contributed by atoms with Crippen molar-refractivity contribution in [3.8, 4) is 17.3 Å². The summed E-state index contributed by atoms with van der Waals surface area (Å²) in [7, 11) is 0. The average molecular weight is 357 g/mol. The minimum Gasteiger partial charge on any atom is -0.330 e. The molecule has 2 aromatic heterocycles. The summed E-state index contributed by atoms with van der Waals surface area (Å²) in [5.41, 5.74) is 6.18. The van der Waals surface area contributed by atoms with E-state index in [2.05, 4.69) is 49.5 Å². The highest BCUT2D eigenvalue weighted by Crippen LogP contribution is 2.19. The topological polar surface area (TPSA) is 67.4 Å². The molecule has 2 heterocycles. The van der Waals surface area contributed by atoms with Gasteiger partial charge in [0.1, 0.15) is 5.69 Å². The standard InChI is InChI=1S/C20H15N5S/c21-10-16-1-3-17(4-2-16)12-25-14-22-11-19(25)9-15-5-7-18(8-6-15)20-13-26-24-23-20/h1-8,11,13-14H,9,12H2. The van der Waals surface area contributed by atoms with Gasteiger partial charge in [0.2, 0.25) is 0 Å². The van der Waals surface area contributed by atoms with Gasteiger partial charge in [-0.3, -0.25) is 0 Å². The van der Waals surface area contributed by atoms with Crippen molar-refractivity contribution in [1.82, 2.24) is 19.1 Å². The fraction of sp³-hybridized carbons (Fsp3) is 0.100. The number of nitriles is 1. The lowest BCUT2D eigenvalue weighted by Crippen LogP contribution is -2.04. The minimum absolute atomic E-state index is 0.676. The van der Waals surface area contributed by atoms with Gasteiger partial charge in [0, 0.05) is 35.8 Å². The van der Waals surface area contributed by atoms with E-state index < -0.39 is 0 Å². The van der Waals surface area contributed by atoms with E-state index >= 15 is 0 Å². The molecule has 2 aromatic carbocycles. The highest BCUT2D eigenvalue weighted by molar-refractivity contribution is 7.03. The lowest BCUT2D eigenvalue weighted by Gasteiger charge is -2.09. The van der Waals surface area contributed by atoms with Gasteiger partial charge in [-0.25, -0.2) is 4.98 Å². The molecule has 4 rings (SSSR count). The molecule has 0 atom stereocenters. The van der Waals surface area contributed by atoms with Gasteiger partial charge in [0.25, 0.3) is 0 Å². The molecule has 5 nitrogen and oxygen atoms in total. The molecule has 0 fully saturated rings. The van der Waals surface area contributed by atoms with E-state index in [1.165, 1.54) is 17.1 Å². The molecule has 0 unspecified atom stereocenters. The van der Waals surface area contributed by atoms with Gasteiger partial charge in [-0.1, -0.05) is 40.9 Å². The molecular formula is C20H15N5S. The molecule has 0 spiro atoms. The van der Waals surface area contributed by atoms with Crippen LogP contribution in [-0.2, 0) is 13.0 Å². The summed E-state index contributed by atoms with van der Waals surface area (Å²) in [6.45, 7) is 0.740. The number of rotatable bonds is 5. The van der Waals surface area contributed by atoms with Crippen LogP contribution in [0.15, 0.2) is 66.4 Å². The Morgan fingerprint density at radius 1 is 1.00 bits per heavy atom. The second-order valence-corrected chi connectivity index (χ2v) is 6.60. The van der Waals surface area contributed by atoms with Crippen LogP contribution in [0.4, 0.5) is 0 Å². The summed E-state index contributed by atoms with van der Waals surface area (Å²) in [4.78, 5) is 4.30. The summed E-state index contributed by atoms with van der Waals surface area (Å²) in [6.07, 6.45) is 4.57. The van der Waals surface area contributed by atoms with E-state index in [1.54, 1.807) is 0 Å². The monoisotopic (exact) mass is 357 g/mol. The normalized spacial score (nSPS) is 10.6. The second-order valence-electron chi connectivity index (χ2n) is 5.99. The van der Waals surface area contributed by atoms with Crippen LogP contribution in [-0.4, -0.2) is 19.1 Å². The van der Waals surface area contributed by atoms with Gasteiger partial charge in [-0.15, -0.1) is 5.10 Å². The summed E-state index contributed by atoms with van der Waals surface area (Å²) in [6, 6.07) is 18.2. The molecule has 26 heavy (non-hydrogen) atoms. The lowest BCUT2D eigenvalue weighted by molar-refractivity contribution is 0.753. The van der Waals surface area contributed by atoms with Crippen LogP contribution in [0.2, 0.25) is 0 Å². The van der Waals surface area contributed by atoms with Crippen LogP contribution in [0, 0.1) is 11.3 Å². The van der Waals surface area contributed by atoms with Crippen molar-refractivity contribution in [2.75, 3.05) is 0 Å². The van der Waals surface area contributed by atoms with E-state index in [9.17, 15) is 0 Å². The van der Waals surface area contributed by atoms with Crippen molar-refractivity contribution in [3.05, 3.63) is 88.8 Å². The molecule has 6 heteroatoms. The summed E-state index contributed by atoms with van der Waals surface area (Å²) < 4.78 is 6.04. The highest BCUT2D eigenvalue weighted by Gasteiger charge is 2.06. The molecule has 0 radical (unpaired) electrons. The lowest BCUT2D eigenvalue weighted by atomic mass is 10.1. The molecule has 0 bridgehead atoms. The molecule has 0 N–H and O–H groups in total. The number of benzene rings is 2. The fourth-order valence-electron chi connectivity index (χ4n) is 2.81. The number of nitrogens with zero attached hydrogens (tertiary/aromatic N) is 5. The Morgan fingerprint density at radius 2 is 1.77 bits per heavy atom. The van der Waals surface area contributed by atoms with Gasteiger partial charge >= 0.3 is 0 Å². The van der Waals surface area contributed by atoms with E-state index in [0.29, 0.717) is 5.56 Å². The minimum atomic E-state index is 0.676. The summed E-state index contributed by atoms with van der Waals surface area (Å²) in [5, 5.41) is 14.9. The van der Waals surface area contributed by atoms with Crippen LogP contribution >= 0.6 is 11.5 Å². The zero-order valence-electron chi connectivity index (χ0n) is 13.9. The first-order chi connectivity index (χ1) is 12.8. The predicted molar refractivity (Wildman–Crippen MR) is 101 cm³/mol. The van der Waals surface area contributed by atoms with Crippen molar-refractivity contribution < 1.29 is 0 Å². The predicted octanol–water partition coefficient (Wildman–Crippen LogP) is 3.91. The third-order valence-electron chi connectivity index (χ3n) is 4.23. The highest BCUT2D eigenvalue weighted by atomic mass is 32.1. The molecule has 0 aliphatic rings. The van der Waals surface area contributed by atoms with E-state index in [0.717, 1.165) is 35.5 Å². The van der Waals surface area contributed by atoms with Gasteiger partial charge in [-0.05, 0) is 34.8 Å². The van der Waals surface area contributed by atoms with E-state index in [4.69, 9.17) is 5.26 Å². The van der Waals surface area contributed by atoms with Crippen LogP contribution in [0.3, 0.4) is 0 Å². The maximum atomic E-state index is 8.90. The van der Waals surface area contributed by atoms with Crippen molar-refractivity contribution in [1.29, 1.82) is 5.26 Å². The summed E-state index contributed by atoms with van der Waals surface area (Å²) >= 11 is 1.36. The maximum absolute atomic E-state index is 8.90. The molecule has 0 amide bonds. The number of aromatic nitrogens is 4. The van der Waals surface area contributed by atoms with Crippen LogP contribution in [0.25, 0.3) is 11.3 Å². The Morgan fingerprint density at radius 3 is 2.46 bits per heavy atom. The summed E-state index contributed by atoms with van der Waals surface area (Å²) in [5.74, 6) is 0. The van der Waals surface area contributed by atoms with E-state index in [-0.39, 0.29) is 0 Å². The average Bonchev–Trinajstić information content (AvgIpc) is 3.36. The molecule has 0 saturated heterocycles. The first kappa shape index (κ1) is 16.2. The number of imidazole rings is 1. The van der Waals surface area contributed by atoms with Crippen molar-refractivity contribution in [2.45, 2.75) is 13.0 Å². The first-order valence-corrected chi connectivity index (χ1v) is 9.00. The third-order valence-corrected chi connectivity index (χ3v) is 4.73. The van der Waals surface area contributed by atoms with Gasteiger partial charge < -0.3 is 4.57 Å². The largest absolute Gasteiger partial charge is 0.330 e. The Kier molecular flexibility index (Phi) is 4.54. The maximum Gasteiger partial charge on any atom is 0.105 e. The van der Waals surface area contributed by atoms with Crippen LogP contribution in [0.5, 0.6) is 0 Å². The molecule has 126 valence electrons. The van der Waals surface area contributed by atoms with Crippen molar-refractivity contribution in [2.24, 2.45) is 0 Å². The number of hydrogen-bond donors (Lipinski definition) is 0. The molecule has 0 aliphatic carbocycles. The van der Waals surface area contributed by atoms with Crippen molar-refractivity contribution in [3.63, 3.8) is 0 Å². The van der Waals surface area contributed by atoms with Gasteiger partial charge in [-0.2, -0.15) is 5.26 Å². The Hall–Kier alpha value is -3.30. The Labute approximate surface area is 155 Å².